The van der Waals surface area contributed by atoms with Gasteiger partial charge in [0.1, 0.15) is 0 Å². The predicted molar refractivity (Wildman–Crippen MR) is 96.5 cm³/mol. The van der Waals surface area contributed by atoms with Crippen molar-refractivity contribution < 1.29 is 0 Å². The first-order chi connectivity index (χ1) is 11.4. The van der Waals surface area contributed by atoms with Crippen molar-refractivity contribution in [1.29, 1.82) is 0 Å². The topological polar surface area (TPSA) is 28.7 Å². The number of aromatic amines is 1. The normalized spacial score (nSPS) is 11.5. The Balaban J connectivity index is 1.85. The van der Waals surface area contributed by atoms with E-state index in [1.54, 1.807) is 6.20 Å². The number of hydrogen-bond acceptors (Lipinski definition) is 1. The third-order valence-electron chi connectivity index (χ3n) is 4.48. The highest BCUT2D eigenvalue weighted by Gasteiger charge is 2.08. The van der Waals surface area contributed by atoms with Gasteiger partial charge in [-0.25, -0.2) is 0 Å². The Morgan fingerprint density at radius 3 is 2.57 bits per heavy atom. The smallest absolute Gasteiger partial charge is 0.0471 e. The summed E-state index contributed by atoms with van der Waals surface area (Å²) in [6.45, 7) is 0. The van der Waals surface area contributed by atoms with Crippen molar-refractivity contribution in [1.82, 2.24) is 9.97 Å². The summed E-state index contributed by atoms with van der Waals surface area (Å²) >= 11 is 0. The second-order valence-corrected chi connectivity index (χ2v) is 5.84. The summed E-state index contributed by atoms with van der Waals surface area (Å²) in [5, 5.41) is 5.12. The maximum absolute atomic E-state index is 4.22. The fourth-order valence-corrected chi connectivity index (χ4v) is 3.39. The minimum Gasteiger partial charge on any atom is -0.354 e. The Kier molecular flexibility index (Phi) is 2.53. The van der Waals surface area contributed by atoms with Gasteiger partial charge in [0.25, 0.3) is 0 Å². The van der Waals surface area contributed by atoms with E-state index in [1.807, 2.05) is 12.3 Å². The first-order valence-corrected chi connectivity index (χ1v) is 7.74. The fourth-order valence-electron chi connectivity index (χ4n) is 3.39. The third kappa shape index (κ3) is 1.85. The zero-order valence-electron chi connectivity index (χ0n) is 12.5. The molecule has 5 aromatic rings. The average Bonchev–Trinajstić information content (AvgIpc) is 3.01. The summed E-state index contributed by atoms with van der Waals surface area (Å²) in [6, 6.07) is 23.6. The molecule has 0 aliphatic carbocycles. The van der Waals surface area contributed by atoms with Crippen LogP contribution in [-0.2, 0) is 0 Å². The lowest BCUT2D eigenvalue weighted by Gasteiger charge is -2.05. The lowest BCUT2D eigenvalue weighted by molar-refractivity contribution is 1.33. The molecule has 0 aliphatic rings. The molecule has 0 saturated heterocycles. The van der Waals surface area contributed by atoms with Crippen molar-refractivity contribution in [2.45, 2.75) is 0 Å². The molecular weight excluding hydrogens is 280 g/mol. The third-order valence-corrected chi connectivity index (χ3v) is 4.48. The number of benzene rings is 3. The quantitative estimate of drug-likeness (QED) is 0.432. The Morgan fingerprint density at radius 2 is 1.65 bits per heavy atom. The number of para-hydroxylation sites is 1. The van der Waals surface area contributed by atoms with Gasteiger partial charge < -0.3 is 4.98 Å². The van der Waals surface area contributed by atoms with E-state index in [1.165, 1.54) is 38.1 Å². The summed E-state index contributed by atoms with van der Waals surface area (Å²) in [4.78, 5) is 7.73. The summed E-state index contributed by atoms with van der Waals surface area (Å²) in [5.41, 5.74) is 4.72. The largest absolute Gasteiger partial charge is 0.354 e. The van der Waals surface area contributed by atoms with Gasteiger partial charge in [0.2, 0.25) is 0 Å². The maximum Gasteiger partial charge on any atom is 0.0471 e. The number of aromatic nitrogens is 2. The molecule has 3 aromatic carbocycles. The molecule has 0 aliphatic heterocycles. The van der Waals surface area contributed by atoms with Crippen LogP contribution in [0, 0.1) is 0 Å². The molecule has 2 heterocycles. The van der Waals surface area contributed by atoms with Crippen LogP contribution in [0.2, 0.25) is 0 Å². The minimum atomic E-state index is 1.15. The van der Waals surface area contributed by atoms with Crippen LogP contribution in [0.3, 0.4) is 0 Å². The highest BCUT2D eigenvalue weighted by Crippen LogP contribution is 2.34. The first-order valence-electron chi connectivity index (χ1n) is 7.74. The Bertz CT molecular complexity index is 1150. The molecule has 2 heteroatoms. The molecule has 0 atom stereocenters. The lowest BCUT2D eigenvalue weighted by atomic mass is 9.99. The first kappa shape index (κ1) is 12.4. The van der Waals surface area contributed by atoms with E-state index in [2.05, 4.69) is 70.6 Å². The Morgan fingerprint density at radius 1 is 0.696 bits per heavy atom. The summed E-state index contributed by atoms with van der Waals surface area (Å²) in [7, 11) is 0. The van der Waals surface area contributed by atoms with E-state index < -0.39 is 0 Å². The van der Waals surface area contributed by atoms with Crippen molar-refractivity contribution in [2.24, 2.45) is 0 Å². The van der Waals surface area contributed by atoms with Crippen molar-refractivity contribution in [3.05, 3.63) is 79.1 Å². The van der Waals surface area contributed by atoms with E-state index >= 15 is 0 Å². The zero-order chi connectivity index (χ0) is 15.2. The van der Waals surface area contributed by atoms with Gasteiger partial charge in [0.05, 0.1) is 0 Å². The van der Waals surface area contributed by atoms with Gasteiger partial charge in [0, 0.05) is 39.8 Å². The Hall–Kier alpha value is -3.13. The van der Waals surface area contributed by atoms with Gasteiger partial charge in [0.15, 0.2) is 0 Å². The Labute approximate surface area is 133 Å². The molecule has 0 radical (unpaired) electrons. The second kappa shape index (κ2) is 4.68. The standard InChI is InChI=1S/C21H14N2/c1-2-6-19-18(5-1)21-17-9-7-14(16-4-3-11-22-13-16)12-15(17)8-10-20(21)23-19/h1-13,23H. The van der Waals surface area contributed by atoms with E-state index in [0.29, 0.717) is 0 Å². The highest BCUT2D eigenvalue weighted by atomic mass is 14.7. The molecule has 0 amide bonds. The average molecular weight is 294 g/mol. The SMILES string of the molecule is c1cncc(-c2ccc3c(ccc4[nH]c5ccccc5c43)c2)c1. The number of H-pyrrole nitrogens is 1. The molecule has 2 aromatic heterocycles. The minimum absolute atomic E-state index is 1.15. The van der Waals surface area contributed by atoms with Crippen LogP contribution in [0.4, 0.5) is 0 Å². The van der Waals surface area contributed by atoms with Crippen LogP contribution in [-0.4, -0.2) is 9.97 Å². The van der Waals surface area contributed by atoms with E-state index in [9.17, 15) is 0 Å². The van der Waals surface area contributed by atoms with Gasteiger partial charge in [-0.15, -0.1) is 0 Å². The molecule has 0 unspecified atom stereocenters. The summed E-state index contributed by atoms with van der Waals surface area (Å²) in [5.74, 6) is 0. The fraction of sp³-hybridized carbons (Fsp3) is 0. The number of fused-ring (bicyclic) bond motifs is 5. The monoisotopic (exact) mass is 294 g/mol. The van der Waals surface area contributed by atoms with Crippen LogP contribution < -0.4 is 0 Å². The zero-order valence-corrected chi connectivity index (χ0v) is 12.5. The number of pyridine rings is 1. The van der Waals surface area contributed by atoms with Crippen molar-refractivity contribution in [3.63, 3.8) is 0 Å². The number of hydrogen-bond donors (Lipinski definition) is 1. The van der Waals surface area contributed by atoms with Crippen LogP contribution in [0.1, 0.15) is 0 Å². The summed E-state index contributed by atoms with van der Waals surface area (Å²) in [6.07, 6.45) is 3.71. The molecule has 2 nitrogen and oxygen atoms in total. The van der Waals surface area contributed by atoms with E-state index in [4.69, 9.17) is 0 Å². The van der Waals surface area contributed by atoms with Crippen LogP contribution in [0.15, 0.2) is 79.1 Å². The molecule has 0 saturated carbocycles. The molecule has 0 bridgehead atoms. The van der Waals surface area contributed by atoms with E-state index in [-0.39, 0.29) is 0 Å². The number of nitrogens with zero attached hydrogens (tertiary/aromatic N) is 1. The predicted octanol–water partition coefficient (Wildman–Crippen LogP) is 5.54. The lowest BCUT2D eigenvalue weighted by Crippen LogP contribution is -1.81. The van der Waals surface area contributed by atoms with Crippen molar-refractivity contribution in [2.75, 3.05) is 0 Å². The van der Waals surface area contributed by atoms with Crippen molar-refractivity contribution >= 4 is 32.6 Å². The van der Waals surface area contributed by atoms with E-state index in [0.717, 1.165) is 5.56 Å². The molecular formula is C21H14N2. The van der Waals surface area contributed by atoms with Crippen LogP contribution >= 0.6 is 0 Å². The highest BCUT2D eigenvalue weighted by molar-refractivity contribution is 6.20. The van der Waals surface area contributed by atoms with Crippen LogP contribution in [0.5, 0.6) is 0 Å². The molecule has 108 valence electrons. The van der Waals surface area contributed by atoms with Crippen LogP contribution in [0.25, 0.3) is 43.7 Å². The van der Waals surface area contributed by atoms with Gasteiger partial charge in [-0.3, -0.25) is 4.98 Å². The van der Waals surface area contributed by atoms with Gasteiger partial charge >= 0.3 is 0 Å². The molecule has 23 heavy (non-hydrogen) atoms. The second-order valence-electron chi connectivity index (χ2n) is 5.84. The number of nitrogens with one attached hydrogen (secondary N) is 1. The number of rotatable bonds is 1. The molecule has 5 rings (SSSR count). The van der Waals surface area contributed by atoms with Gasteiger partial charge in [-0.05, 0) is 40.6 Å². The molecule has 1 N–H and O–H groups in total. The molecule has 0 spiro atoms. The van der Waals surface area contributed by atoms with Crippen molar-refractivity contribution in [3.8, 4) is 11.1 Å². The van der Waals surface area contributed by atoms with Gasteiger partial charge in [-0.2, -0.15) is 0 Å². The summed E-state index contributed by atoms with van der Waals surface area (Å²) < 4.78 is 0. The maximum atomic E-state index is 4.22. The van der Waals surface area contributed by atoms with Gasteiger partial charge in [-0.1, -0.05) is 42.5 Å². The molecule has 0 fully saturated rings.